The predicted molar refractivity (Wildman–Crippen MR) is 112 cm³/mol. The number of carbonyl (C=O) groups excluding carboxylic acids is 4. The van der Waals surface area contributed by atoms with Gasteiger partial charge in [0.2, 0.25) is 23.6 Å². The molecule has 0 aliphatic carbocycles. The molecule has 11 N–H and O–H groups in total. The van der Waals surface area contributed by atoms with Gasteiger partial charge >= 0.3 is 17.9 Å². The molecule has 0 radical (unpaired) electrons. The maximum Gasteiger partial charge on any atom is 0.326 e. The molecule has 0 saturated heterocycles. The molecular weight excluding hydrogens is 474 g/mol. The second kappa shape index (κ2) is 13.2. The van der Waals surface area contributed by atoms with Crippen molar-refractivity contribution < 1.29 is 48.9 Å². The first kappa shape index (κ1) is 28.5. The van der Waals surface area contributed by atoms with Crippen molar-refractivity contribution in [3.05, 3.63) is 18.2 Å². The number of primary amides is 1. The molecule has 1 heterocycles. The van der Waals surface area contributed by atoms with E-state index in [0.717, 1.165) is 0 Å². The first-order valence-corrected chi connectivity index (χ1v) is 9.88. The van der Waals surface area contributed by atoms with Crippen LogP contribution in [0, 0.1) is 0 Å². The Bertz CT molecular complexity index is 965. The number of aromatic nitrogens is 2. The molecule has 1 rings (SSSR count). The van der Waals surface area contributed by atoms with Gasteiger partial charge in [-0.2, -0.15) is 0 Å². The minimum Gasteiger partial charge on any atom is -0.481 e. The van der Waals surface area contributed by atoms with Crippen molar-refractivity contribution in [3.63, 3.8) is 0 Å². The van der Waals surface area contributed by atoms with Gasteiger partial charge in [-0.15, -0.1) is 0 Å². The number of hydrogen-bond donors (Lipinski definition) is 9. The monoisotopic (exact) mass is 499 g/mol. The maximum atomic E-state index is 12.8. The van der Waals surface area contributed by atoms with Gasteiger partial charge in [0.1, 0.15) is 18.1 Å². The topological polar surface area (TPSA) is 297 Å². The van der Waals surface area contributed by atoms with E-state index in [1.54, 1.807) is 0 Å². The molecule has 0 aromatic carbocycles. The first-order valence-electron chi connectivity index (χ1n) is 9.88. The molecule has 0 bridgehead atoms. The van der Waals surface area contributed by atoms with E-state index < -0.39 is 85.0 Å². The molecule has 0 saturated carbocycles. The third kappa shape index (κ3) is 10.3. The number of H-pyrrole nitrogens is 1. The number of nitrogens with two attached hydrogens (primary N) is 2. The molecule has 35 heavy (non-hydrogen) atoms. The van der Waals surface area contributed by atoms with Gasteiger partial charge in [0, 0.05) is 18.3 Å². The Morgan fingerprint density at radius 2 is 1.37 bits per heavy atom. The minimum atomic E-state index is -1.77. The number of hydrogen-bond acceptors (Lipinski definition) is 9. The van der Waals surface area contributed by atoms with Gasteiger partial charge in [-0.3, -0.25) is 28.8 Å². The van der Waals surface area contributed by atoms with Gasteiger partial charge in [-0.25, -0.2) is 9.78 Å². The van der Waals surface area contributed by atoms with Crippen LogP contribution in [-0.2, 0) is 40.0 Å². The van der Waals surface area contributed by atoms with Crippen LogP contribution >= 0.6 is 0 Å². The van der Waals surface area contributed by atoms with Gasteiger partial charge < -0.3 is 47.7 Å². The number of nitrogens with one attached hydrogen (secondary N) is 4. The number of carboxylic acid groups (broad SMARTS) is 3. The lowest BCUT2D eigenvalue weighted by molar-refractivity contribution is -0.144. The summed E-state index contributed by atoms with van der Waals surface area (Å²) in [6.45, 7) is 0. The largest absolute Gasteiger partial charge is 0.481 e. The number of nitrogens with zero attached hydrogens (tertiary/aromatic N) is 1. The lowest BCUT2D eigenvalue weighted by Crippen LogP contribution is -2.58. The number of aliphatic carboxylic acids is 3. The van der Waals surface area contributed by atoms with E-state index in [2.05, 4.69) is 15.3 Å². The summed E-state index contributed by atoms with van der Waals surface area (Å²) < 4.78 is 0. The summed E-state index contributed by atoms with van der Waals surface area (Å²) in [6.07, 6.45) is -0.204. The van der Waals surface area contributed by atoms with Crippen molar-refractivity contribution in [3.8, 4) is 0 Å². The van der Waals surface area contributed by atoms with Crippen molar-refractivity contribution in [2.45, 2.75) is 49.9 Å². The highest BCUT2D eigenvalue weighted by molar-refractivity contribution is 5.96. The molecule has 1 aromatic heterocycles. The normalized spacial score (nSPS) is 14.0. The maximum absolute atomic E-state index is 12.8. The molecule has 192 valence electrons. The van der Waals surface area contributed by atoms with Crippen LogP contribution in [0.15, 0.2) is 12.5 Å². The zero-order valence-corrected chi connectivity index (χ0v) is 18.1. The van der Waals surface area contributed by atoms with Crippen molar-refractivity contribution in [2.24, 2.45) is 11.5 Å². The molecule has 17 nitrogen and oxygen atoms in total. The summed E-state index contributed by atoms with van der Waals surface area (Å²) >= 11 is 0. The fraction of sp³-hybridized carbons (Fsp3) is 0.444. The molecule has 4 atom stereocenters. The molecule has 0 aliphatic rings. The van der Waals surface area contributed by atoms with Gasteiger partial charge in [0.05, 0.1) is 31.6 Å². The number of amides is 4. The lowest BCUT2D eigenvalue weighted by Gasteiger charge is -2.24. The number of imidazole rings is 1. The summed E-state index contributed by atoms with van der Waals surface area (Å²) in [5.74, 6) is -8.88. The second-order valence-electron chi connectivity index (χ2n) is 7.28. The first-order chi connectivity index (χ1) is 16.3. The summed E-state index contributed by atoms with van der Waals surface area (Å²) in [6, 6.07) is -6.59. The van der Waals surface area contributed by atoms with Crippen LogP contribution in [0.5, 0.6) is 0 Å². The van der Waals surface area contributed by atoms with Crippen LogP contribution < -0.4 is 27.4 Å². The zero-order valence-electron chi connectivity index (χ0n) is 18.1. The quantitative estimate of drug-likeness (QED) is 0.111. The summed E-state index contributed by atoms with van der Waals surface area (Å²) in [5.41, 5.74) is 10.7. The van der Waals surface area contributed by atoms with Crippen LogP contribution in [0.4, 0.5) is 0 Å². The molecule has 1 aromatic rings. The van der Waals surface area contributed by atoms with E-state index >= 15 is 0 Å². The highest BCUT2D eigenvalue weighted by Gasteiger charge is 2.32. The zero-order chi connectivity index (χ0) is 26.7. The average Bonchev–Trinajstić information content (AvgIpc) is 3.24. The summed E-state index contributed by atoms with van der Waals surface area (Å²) in [5, 5.41) is 33.3. The van der Waals surface area contributed by atoms with Crippen LogP contribution in [-0.4, -0.2) is 91.0 Å². The van der Waals surface area contributed by atoms with E-state index in [-0.39, 0.29) is 6.42 Å². The SMILES string of the molecule is NC(=O)CC(NC(=O)C(Cc1cnc[nH]1)NC(=O)C(CC(=O)O)NC(=O)C(N)CC(=O)O)C(=O)O. The smallest absolute Gasteiger partial charge is 0.326 e. The average molecular weight is 499 g/mol. The Balaban J connectivity index is 3.09. The Labute approximate surface area is 196 Å². The molecule has 0 spiro atoms. The molecule has 0 fully saturated rings. The second-order valence-corrected chi connectivity index (χ2v) is 7.28. The minimum absolute atomic E-state index is 0.271. The fourth-order valence-electron chi connectivity index (χ4n) is 2.71. The van der Waals surface area contributed by atoms with E-state index in [0.29, 0.717) is 5.69 Å². The van der Waals surface area contributed by atoms with Crippen LogP contribution in [0.3, 0.4) is 0 Å². The Kier molecular flexibility index (Phi) is 10.8. The van der Waals surface area contributed by atoms with Crippen molar-refractivity contribution in [1.29, 1.82) is 0 Å². The van der Waals surface area contributed by atoms with Crippen molar-refractivity contribution in [1.82, 2.24) is 25.9 Å². The van der Waals surface area contributed by atoms with E-state index in [4.69, 9.17) is 21.7 Å². The highest BCUT2D eigenvalue weighted by Crippen LogP contribution is 2.04. The molecule has 0 aliphatic heterocycles. The Hall–Kier alpha value is -4.54. The van der Waals surface area contributed by atoms with Gasteiger partial charge in [-0.05, 0) is 0 Å². The van der Waals surface area contributed by atoms with Gasteiger partial charge in [0.15, 0.2) is 0 Å². The number of carboxylic acids is 3. The van der Waals surface area contributed by atoms with Gasteiger partial charge in [0.25, 0.3) is 0 Å². The lowest BCUT2D eigenvalue weighted by atomic mass is 10.1. The third-order valence-corrected chi connectivity index (χ3v) is 4.37. The van der Waals surface area contributed by atoms with Crippen molar-refractivity contribution in [2.75, 3.05) is 0 Å². The number of carbonyl (C=O) groups is 7. The number of rotatable bonds is 15. The highest BCUT2D eigenvalue weighted by atomic mass is 16.4. The molecular formula is C18H25N7O10. The van der Waals surface area contributed by atoms with E-state index in [9.17, 15) is 38.7 Å². The van der Waals surface area contributed by atoms with Gasteiger partial charge in [-0.1, -0.05) is 0 Å². The molecule has 4 unspecified atom stereocenters. The summed E-state index contributed by atoms with van der Waals surface area (Å²) in [4.78, 5) is 88.3. The van der Waals surface area contributed by atoms with Crippen LogP contribution in [0.25, 0.3) is 0 Å². The predicted octanol–water partition coefficient (Wildman–Crippen LogP) is -4.36. The van der Waals surface area contributed by atoms with Crippen molar-refractivity contribution >= 4 is 41.5 Å². The number of aromatic amines is 1. The Morgan fingerprint density at radius 1 is 0.829 bits per heavy atom. The standard InChI is InChI=1S/C18H25N7O10/c19-8(2-13(27)28)15(31)23-10(4-14(29)30)17(33)24-9(1-7-5-21-6-22-7)16(32)25-11(18(34)35)3-12(20)26/h5-6,8-11H,1-4,19H2,(H2,20,26)(H,21,22)(H,23,31)(H,24,33)(H,25,32)(H,27,28)(H,29,30)(H,34,35). The molecule has 17 heteroatoms. The fourth-order valence-corrected chi connectivity index (χ4v) is 2.71. The van der Waals surface area contributed by atoms with E-state index in [1.807, 2.05) is 10.6 Å². The summed E-state index contributed by atoms with van der Waals surface area (Å²) in [7, 11) is 0. The Morgan fingerprint density at radius 3 is 1.86 bits per heavy atom. The molecule has 4 amide bonds. The van der Waals surface area contributed by atoms with E-state index in [1.165, 1.54) is 12.5 Å². The van der Waals surface area contributed by atoms with Crippen LogP contribution in [0.1, 0.15) is 25.0 Å². The third-order valence-electron chi connectivity index (χ3n) is 4.37. The van der Waals surface area contributed by atoms with Crippen LogP contribution in [0.2, 0.25) is 0 Å².